The second-order valence-corrected chi connectivity index (χ2v) is 7.77. The molecule has 1 atom stereocenters. The van der Waals surface area contributed by atoms with Crippen molar-refractivity contribution in [3.05, 3.63) is 23.8 Å². The van der Waals surface area contributed by atoms with Gasteiger partial charge in [-0.25, -0.2) is 8.51 Å². The fourth-order valence-corrected chi connectivity index (χ4v) is 4.38. The molecular weight excluding hydrogens is 306 g/mol. The van der Waals surface area contributed by atoms with Crippen LogP contribution in [0.5, 0.6) is 5.75 Å². The maximum atomic E-state index is 12.6. The number of nitrogens with zero attached hydrogens (tertiary/aromatic N) is 1. The van der Waals surface area contributed by atoms with E-state index in [1.807, 2.05) is 18.2 Å². The van der Waals surface area contributed by atoms with Gasteiger partial charge >= 0.3 is 0 Å². The quantitative estimate of drug-likeness (QED) is 0.528. The highest BCUT2D eigenvalue weighted by Crippen LogP contribution is 2.34. The lowest BCUT2D eigenvalue weighted by atomic mass is 10.1. The third-order valence-electron chi connectivity index (χ3n) is 4.32. The fraction of sp³-hybridized carbons (Fsp3) is 0.684. The average Bonchev–Trinajstić information content (AvgIpc) is 2.89. The number of ether oxygens (including phenoxy) is 1. The van der Waals surface area contributed by atoms with Crippen molar-refractivity contribution in [3.63, 3.8) is 0 Å². The van der Waals surface area contributed by atoms with Crippen molar-refractivity contribution in [2.24, 2.45) is 0 Å². The summed E-state index contributed by atoms with van der Waals surface area (Å²) in [6, 6.07) is 5.94. The minimum Gasteiger partial charge on any atom is -0.493 e. The summed E-state index contributed by atoms with van der Waals surface area (Å²) < 4.78 is 20.5. The molecule has 0 aromatic heterocycles. The van der Waals surface area contributed by atoms with Crippen LogP contribution in [-0.4, -0.2) is 21.7 Å². The summed E-state index contributed by atoms with van der Waals surface area (Å²) in [6.45, 7) is 6.76. The number of hydrogen-bond donors (Lipinski definition) is 0. The Kier molecular flexibility index (Phi) is 8.10. The second-order valence-electron chi connectivity index (χ2n) is 6.32. The molecule has 1 aromatic carbocycles. The summed E-state index contributed by atoms with van der Waals surface area (Å²) in [4.78, 5) is 0.946. The molecule has 0 bridgehead atoms. The topological polar surface area (TPSA) is 29.5 Å². The van der Waals surface area contributed by atoms with Crippen LogP contribution in [0.2, 0.25) is 0 Å². The normalized spacial score (nSPS) is 17.4. The van der Waals surface area contributed by atoms with Crippen LogP contribution in [0.3, 0.4) is 0 Å². The van der Waals surface area contributed by atoms with E-state index in [4.69, 9.17) is 4.74 Å². The molecule has 1 heterocycles. The summed E-state index contributed by atoms with van der Waals surface area (Å²) in [5.74, 6) is 0.916. The molecule has 0 saturated carbocycles. The molecule has 3 nitrogen and oxygen atoms in total. The molecule has 1 aliphatic rings. The van der Waals surface area contributed by atoms with Crippen molar-refractivity contribution in [2.75, 3.05) is 13.2 Å². The number of rotatable bonds is 11. The summed E-state index contributed by atoms with van der Waals surface area (Å²) in [6.07, 6.45) is 10.0. The molecule has 23 heavy (non-hydrogen) atoms. The van der Waals surface area contributed by atoms with Gasteiger partial charge in [0.05, 0.1) is 11.5 Å². The molecular formula is C19H31NO2S. The van der Waals surface area contributed by atoms with E-state index in [0.717, 1.165) is 48.7 Å². The van der Waals surface area contributed by atoms with Crippen LogP contribution in [-0.2, 0) is 17.5 Å². The van der Waals surface area contributed by atoms with Crippen molar-refractivity contribution in [1.29, 1.82) is 0 Å². The van der Waals surface area contributed by atoms with Crippen LogP contribution < -0.4 is 4.74 Å². The molecule has 2 rings (SSSR count). The minimum atomic E-state index is -1.01. The number of unbranched alkanes of at least 4 members (excludes halogenated alkanes) is 6. The van der Waals surface area contributed by atoms with Gasteiger partial charge in [0.2, 0.25) is 0 Å². The van der Waals surface area contributed by atoms with E-state index in [9.17, 15) is 4.21 Å². The van der Waals surface area contributed by atoms with Gasteiger partial charge < -0.3 is 4.74 Å². The van der Waals surface area contributed by atoms with Crippen molar-refractivity contribution < 1.29 is 8.95 Å². The van der Waals surface area contributed by atoms with E-state index < -0.39 is 11.0 Å². The minimum absolute atomic E-state index is 0.723. The van der Waals surface area contributed by atoms with Crippen molar-refractivity contribution in [2.45, 2.75) is 76.7 Å². The summed E-state index contributed by atoms with van der Waals surface area (Å²) in [5, 5.41) is 0. The summed E-state index contributed by atoms with van der Waals surface area (Å²) in [5.41, 5.74) is 1.13. The lowest BCUT2D eigenvalue weighted by Crippen LogP contribution is -2.20. The van der Waals surface area contributed by atoms with Gasteiger partial charge in [0.25, 0.3) is 0 Å². The first-order valence-corrected chi connectivity index (χ1v) is 10.3. The van der Waals surface area contributed by atoms with Gasteiger partial charge in [0.15, 0.2) is 0 Å². The first kappa shape index (κ1) is 18.5. The van der Waals surface area contributed by atoms with E-state index in [1.54, 1.807) is 0 Å². The summed E-state index contributed by atoms with van der Waals surface area (Å²) in [7, 11) is -1.01. The average molecular weight is 338 g/mol. The molecule has 0 N–H and O–H groups in total. The lowest BCUT2D eigenvalue weighted by molar-refractivity contribution is 0.310. The van der Waals surface area contributed by atoms with E-state index in [1.165, 1.54) is 38.5 Å². The predicted molar refractivity (Wildman–Crippen MR) is 97.0 cm³/mol. The van der Waals surface area contributed by atoms with E-state index in [-0.39, 0.29) is 0 Å². The van der Waals surface area contributed by atoms with Crippen LogP contribution in [0.25, 0.3) is 0 Å². The number of benzene rings is 1. The smallest absolute Gasteiger partial charge is 0.128 e. The molecule has 130 valence electrons. The molecule has 0 spiro atoms. The van der Waals surface area contributed by atoms with Crippen LogP contribution in [0.1, 0.15) is 70.8 Å². The highest BCUT2D eigenvalue weighted by molar-refractivity contribution is 7.83. The largest absolute Gasteiger partial charge is 0.493 e. The van der Waals surface area contributed by atoms with Gasteiger partial charge in [-0.3, -0.25) is 0 Å². The monoisotopic (exact) mass is 337 g/mol. The zero-order valence-corrected chi connectivity index (χ0v) is 15.5. The number of hydrogen-bond acceptors (Lipinski definition) is 2. The van der Waals surface area contributed by atoms with Gasteiger partial charge in [-0.1, -0.05) is 58.4 Å². The molecule has 1 unspecified atom stereocenters. The Labute approximate surface area is 144 Å². The Balaban J connectivity index is 1.79. The Bertz CT molecular complexity index is 504. The van der Waals surface area contributed by atoms with Crippen LogP contribution in [0.4, 0.5) is 0 Å². The second kappa shape index (κ2) is 10.1. The fourth-order valence-electron chi connectivity index (χ4n) is 2.99. The first-order valence-electron chi connectivity index (χ1n) is 9.19. The van der Waals surface area contributed by atoms with E-state index in [2.05, 4.69) is 18.2 Å². The molecule has 1 aromatic rings. The standard InChI is InChI=1S/C19H31NO2S/c1-3-5-6-7-8-9-10-14-20-16-17-18(22-15-4-2)12-11-13-19(17)23(20)21/h11-13H,3-10,14-16H2,1-2H3. The van der Waals surface area contributed by atoms with Crippen LogP contribution >= 0.6 is 0 Å². The lowest BCUT2D eigenvalue weighted by Gasteiger charge is -2.13. The molecule has 0 fully saturated rings. The zero-order chi connectivity index (χ0) is 16.5. The third-order valence-corrected chi connectivity index (χ3v) is 5.86. The molecule has 0 aliphatic carbocycles. The highest BCUT2D eigenvalue weighted by atomic mass is 32.2. The molecule has 0 amide bonds. The first-order chi connectivity index (χ1) is 11.3. The SMILES string of the molecule is CCCCCCCCCN1Cc2c(OCCC)cccc2S1=O. The number of fused-ring (bicyclic) bond motifs is 1. The van der Waals surface area contributed by atoms with E-state index >= 15 is 0 Å². The van der Waals surface area contributed by atoms with Crippen molar-refractivity contribution in [3.8, 4) is 5.75 Å². The highest BCUT2D eigenvalue weighted by Gasteiger charge is 2.29. The van der Waals surface area contributed by atoms with E-state index in [0.29, 0.717) is 0 Å². The van der Waals surface area contributed by atoms with Gasteiger partial charge in [0, 0.05) is 18.7 Å². The maximum Gasteiger partial charge on any atom is 0.128 e. The van der Waals surface area contributed by atoms with Crippen molar-refractivity contribution in [1.82, 2.24) is 4.31 Å². The van der Waals surface area contributed by atoms with Crippen LogP contribution in [0.15, 0.2) is 23.1 Å². The Morgan fingerprint density at radius 1 is 1.04 bits per heavy atom. The Hall–Kier alpha value is -0.870. The predicted octanol–water partition coefficient (Wildman–Crippen LogP) is 5.06. The zero-order valence-electron chi connectivity index (χ0n) is 14.7. The summed E-state index contributed by atoms with van der Waals surface area (Å²) >= 11 is 0. The molecule has 4 heteroatoms. The Morgan fingerprint density at radius 2 is 1.78 bits per heavy atom. The van der Waals surface area contributed by atoms with Crippen LogP contribution in [0, 0.1) is 0 Å². The third kappa shape index (κ3) is 5.32. The maximum absolute atomic E-state index is 12.6. The van der Waals surface area contributed by atoms with Gasteiger partial charge in [-0.2, -0.15) is 0 Å². The van der Waals surface area contributed by atoms with Gasteiger partial charge in [0.1, 0.15) is 16.7 Å². The molecule has 0 radical (unpaired) electrons. The molecule has 0 saturated heterocycles. The Morgan fingerprint density at radius 3 is 2.52 bits per heavy atom. The van der Waals surface area contributed by atoms with Crippen molar-refractivity contribution >= 4 is 11.0 Å². The van der Waals surface area contributed by atoms with Gasteiger partial charge in [-0.15, -0.1) is 0 Å². The van der Waals surface area contributed by atoms with Gasteiger partial charge in [-0.05, 0) is 25.0 Å². The molecule has 1 aliphatic heterocycles.